The lowest BCUT2D eigenvalue weighted by Crippen LogP contribution is -2.37. The topological polar surface area (TPSA) is 75.2 Å². The number of fused-ring (bicyclic) bond motifs is 5. The number of anilines is 1. The summed E-state index contributed by atoms with van der Waals surface area (Å²) < 4.78 is 6.74. The summed E-state index contributed by atoms with van der Waals surface area (Å²) in [7, 11) is 0. The van der Waals surface area contributed by atoms with Gasteiger partial charge in [-0.3, -0.25) is 4.90 Å². The van der Waals surface area contributed by atoms with E-state index in [0.29, 0.717) is 6.04 Å². The van der Waals surface area contributed by atoms with E-state index < -0.39 is 0 Å². The summed E-state index contributed by atoms with van der Waals surface area (Å²) in [5.74, 6) is 0. The molecule has 1 aromatic carbocycles. The Balaban J connectivity index is 1.33. The van der Waals surface area contributed by atoms with E-state index in [1.807, 2.05) is 17.4 Å². The van der Waals surface area contributed by atoms with Gasteiger partial charge in [0.25, 0.3) is 0 Å². The van der Waals surface area contributed by atoms with Crippen molar-refractivity contribution >= 4 is 43.6 Å². The quantitative estimate of drug-likeness (QED) is 0.462. The molecule has 8 heteroatoms. The fraction of sp³-hybridized carbons (Fsp3) is 0.346. The summed E-state index contributed by atoms with van der Waals surface area (Å²) in [5, 5.41) is 9.70. The summed E-state index contributed by atoms with van der Waals surface area (Å²) in [6.07, 6.45) is 1.61. The number of pyridine rings is 1. The SMILES string of the molecule is C=C(CN1CCOCC1)c1cc(-c2ccc3c(ccc4sc5c(c43)NC[C@@H](C)NC5)n2)ncn1. The molecular weight excluding hydrogens is 444 g/mol. The summed E-state index contributed by atoms with van der Waals surface area (Å²) in [4.78, 5) is 17.7. The number of hydrogen-bond acceptors (Lipinski definition) is 8. The molecule has 2 aliphatic rings. The van der Waals surface area contributed by atoms with Crippen molar-refractivity contribution in [3.63, 3.8) is 0 Å². The van der Waals surface area contributed by atoms with E-state index in [1.54, 1.807) is 6.33 Å². The van der Waals surface area contributed by atoms with Crippen molar-refractivity contribution in [2.75, 3.05) is 44.7 Å². The Hall–Kier alpha value is -2.91. The van der Waals surface area contributed by atoms with Gasteiger partial charge in [0.05, 0.1) is 41.5 Å². The molecule has 0 unspecified atom stereocenters. The molecule has 0 amide bonds. The number of nitrogens with zero attached hydrogens (tertiary/aromatic N) is 4. The molecule has 0 spiro atoms. The molecule has 174 valence electrons. The highest BCUT2D eigenvalue weighted by molar-refractivity contribution is 7.20. The van der Waals surface area contributed by atoms with Crippen LogP contribution in [0.25, 0.3) is 38.0 Å². The van der Waals surface area contributed by atoms with Crippen LogP contribution in [0.4, 0.5) is 5.69 Å². The minimum absolute atomic E-state index is 0.444. The van der Waals surface area contributed by atoms with Crippen LogP contribution in [0.2, 0.25) is 0 Å². The fourth-order valence-electron chi connectivity index (χ4n) is 4.70. The molecular formula is C26H28N6OS. The predicted molar refractivity (Wildman–Crippen MR) is 139 cm³/mol. The van der Waals surface area contributed by atoms with Crippen LogP contribution >= 0.6 is 11.3 Å². The van der Waals surface area contributed by atoms with Gasteiger partial charge >= 0.3 is 0 Å². The van der Waals surface area contributed by atoms with E-state index in [0.717, 1.165) is 74.1 Å². The third-order valence-corrected chi connectivity index (χ3v) is 7.76. The van der Waals surface area contributed by atoms with Gasteiger partial charge in [-0.1, -0.05) is 6.58 Å². The number of hydrogen-bond donors (Lipinski definition) is 2. The average Bonchev–Trinajstić information content (AvgIpc) is 3.14. The summed E-state index contributed by atoms with van der Waals surface area (Å²) >= 11 is 1.85. The van der Waals surface area contributed by atoms with Gasteiger partial charge < -0.3 is 15.4 Å². The highest BCUT2D eigenvalue weighted by Crippen LogP contribution is 2.41. The molecule has 3 aromatic heterocycles. The van der Waals surface area contributed by atoms with Crippen molar-refractivity contribution in [2.45, 2.75) is 19.5 Å². The van der Waals surface area contributed by atoms with Crippen LogP contribution < -0.4 is 10.6 Å². The zero-order valence-electron chi connectivity index (χ0n) is 19.3. The molecule has 6 rings (SSSR count). The first kappa shape index (κ1) is 21.6. The largest absolute Gasteiger partial charge is 0.382 e. The van der Waals surface area contributed by atoms with Gasteiger partial charge in [-0.2, -0.15) is 0 Å². The molecule has 5 heterocycles. The summed E-state index contributed by atoms with van der Waals surface area (Å²) in [6.45, 7) is 12.5. The lowest BCUT2D eigenvalue weighted by Gasteiger charge is -2.27. The lowest BCUT2D eigenvalue weighted by atomic mass is 10.1. The predicted octanol–water partition coefficient (Wildman–Crippen LogP) is 4.16. The Morgan fingerprint density at radius 1 is 1.18 bits per heavy atom. The van der Waals surface area contributed by atoms with Crippen LogP contribution in [0, 0.1) is 0 Å². The maximum absolute atomic E-state index is 5.45. The normalized spacial score (nSPS) is 19.0. The molecule has 2 N–H and O–H groups in total. The van der Waals surface area contributed by atoms with Crippen LogP contribution in [-0.4, -0.2) is 65.3 Å². The second-order valence-corrected chi connectivity index (χ2v) is 10.2. The third kappa shape index (κ3) is 4.07. The van der Waals surface area contributed by atoms with E-state index in [1.165, 1.54) is 26.0 Å². The van der Waals surface area contributed by atoms with Gasteiger partial charge in [0, 0.05) is 59.1 Å². The number of morpholine rings is 1. The zero-order valence-corrected chi connectivity index (χ0v) is 20.1. The Kier molecular flexibility index (Phi) is 5.74. The van der Waals surface area contributed by atoms with Gasteiger partial charge in [-0.15, -0.1) is 11.3 Å². The van der Waals surface area contributed by atoms with Crippen molar-refractivity contribution in [3.05, 3.63) is 53.8 Å². The summed E-state index contributed by atoms with van der Waals surface area (Å²) in [5.41, 5.74) is 5.74. The Morgan fingerprint density at radius 2 is 2.06 bits per heavy atom. The molecule has 4 aromatic rings. The number of nitrogens with one attached hydrogen (secondary N) is 2. The maximum atomic E-state index is 5.45. The molecule has 0 bridgehead atoms. The Morgan fingerprint density at radius 3 is 2.94 bits per heavy atom. The van der Waals surface area contributed by atoms with E-state index >= 15 is 0 Å². The van der Waals surface area contributed by atoms with Crippen molar-refractivity contribution in [2.24, 2.45) is 0 Å². The maximum Gasteiger partial charge on any atom is 0.116 e. The van der Waals surface area contributed by atoms with Crippen molar-refractivity contribution < 1.29 is 4.74 Å². The molecule has 2 aliphatic heterocycles. The molecule has 1 atom stereocenters. The molecule has 0 saturated carbocycles. The van der Waals surface area contributed by atoms with Crippen molar-refractivity contribution in [1.82, 2.24) is 25.2 Å². The van der Waals surface area contributed by atoms with Crippen LogP contribution in [0.15, 0.2) is 43.2 Å². The van der Waals surface area contributed by atoms with Gasteiger partial charge in [0.2, 0.25) is 0 Å². The first-order valence-electron chi connectivity index (χ1n) is 11.8. The fourth-order valence-corrected chi connectivity index (χ4v) is 5.85. The standard InChI is InChI=1S/C26H28N6OS/c1-16(14-32-7-9-33-10-8-32)21-11-22(30-15-29-21)20-4-3-18-19(31-20)5-6-23-25(18)26-24(34-23)13-27-17(2)12-28-26/h3-6,11,15,17,27-28H,1,7-10,12-14H2,2H3/t17-/m1/s1. The van der Waals surface area contributed by atoms with Crippen LogP contribution in [0.1, 0.15) is 17.5 Å². The number of aromatic nitrogens is 3. The van der Waals surface area contributed by atoms with Crippen LogP contribution in [0.5, 0.6) is 0 Å². The Labute approximate surface area is 202 Å². The second-order valence-electron chi connectivity index (χ2n) is 9.05. The van der Waals surface area contributed by atoms with E-state index in [-0.39, 0.29) is 0 Å². The molecule has 0 aliphatic carbocycles. The van der Waals surface area contributed by atoms with Crippen LogP contribution in [-0.2, 0) is 11.3 Å². The van der Waals surface area contributed by atoms with Crippen molar-refractivity contribution in [1.29, 1.82) is 0 Å². The molecule has 34 heavy (non-hydrogen) atoms. The van der Waals surface area contributed by atoms with Gasteiger partial charge in [0.15, 0.2) is 0 Å². The van der Waals surface area contributed by atoms with Gasteiger partial charge in [-0.25, -0.2) is 15.0 Å². The van der Waals surface area contributed by atoms with E-state index in [4.69, 9.17) is 9.72 Å². The zero-order chi connectivity index (χ0) is 23.1. The van der Waals surface area contributed by atoms with E-state index in [2.05, 4.69) is 63.3 Å². The highest BCUT2D eigenvalue weighted by atomic mass is 32.1. The second kappa shape index (κ2) is 9.03. The molecule has 0 radical (unpaired) electrons. The number of thiophene rings is 1. The molecule has 1 fully saturated rings. The lowest BCUT2D eigenvalue weighted by molar-refractivity contribution is 0.0444. The van der Waals surface area contributed by atoms with Gasteiger partial charge in [-0.05, 0) is 42.8 Å². The first-order chi connectivity index (χ1) is 16.7. The summed E-state index contributed by atoms with van der Waals surface area (Å²) in [6, 6.07) is 11.0. The molecule has 7 nitrogen and oxygen atoms in total. The molecule has 1 saturated heterocycles. The van der Waals surface area contributed by atoms with Gasteiger partial charge in [0.1, 0.15) is 6.33 Å². The highest BCUT2D eigenvalue weighted by Gasteiger charge is 2.19. The average molecular weight is 473 g/mol. The minimum atomic E-state index is 0.444. The number of benzene rings is 1. The van der Waals surface area contributed by atoms with E-state index in [9.17, 15) is 0 Å². The third-order valence-electron chi connectivity index (χ3n) is 6.60. The number of ether oxygens (including phenoxy) is 1. The first-order valence-corrected chi connectivity index (χ1v) is 12.6. The smallest absolute Gasteiger partial charge is 0.116 e. The number of rotatable bonds is 4. The van der Waals surface area contributed by atoms with Crippen LogP contribution in [0.3, 0.4) is 0 Å². The minimum Gasteiger partial charge on any atom is -0.382 e. The van der Waals surface area contributed by atoms with Crippen molar-refractivity contribution in [3.8, 4) is 11.4 Å². The monoisotopic (exact) mass is 472 g/mol. The Bertz CT molecular complexity index is 1380.